The number of nitrogens with zero attached hydrogens (tertiary/aromatic N) is 1. The Kier molecular flexibility index (Phi) is 11.1. The van der Waals surface area contributed by atoms with Gasteiger partial charge in [-0.05, 0) is 53.5 Å². The normalized spacial score (nSPS) is 13.1. The van der Waals surface area contributed by atoms with Crippen LogP contribution in [0.3, 0.4) is 0 Å². The largest absolute Gasteiger partial charge is 0.465 e. The van der Waals surface area contributed by atoms with E-state index >= 15 is 0 Å². The van der Waals surface area contributed by atoms with Crippen molar-refractivity contribution in [3.63, 3.8) is 0 Å². The average molecular weight is 544 g/mol. The van der Waals surface area contributed by atoms with Crippen molar-refractivity contribution < 1.29 is 28.7 Å². The Bertz CT molecular complexity index is 1120. The van der Waals surface area contributed by atoms with Gasteiger partial charge in [-0.3, -0.25) is 14.4 Å². The van der Waals surface area contributed by atoms with Crippen LogP contribution in [0, 0.1) is 0 Å². The maximum absolute atomic E-state index is 13.2. The van der Waals surface area contributed by atoms with Crippen LogP contribution in [-0.4, -0.2) is 57.6 Å². The number of hydrogen-bond acceptors (Lipinski definition) is 7. The zero-order valence-electron chi connectivity index (χ0n) is 23.8. The number of imidazole rings is 1. The number of hydrogen-bond donors (Lipinski definition) is 4. The summed E-state index contributed by atoms with van der Waals surface area (Å²) in [6, 6.07) is 8.19. The van der Waals surface area contributed by atoms with E-state index in [0.29, 0.717) is 24.2 Å². The van der Waals surface area contributed by atoms with E-state index in [4.69, 9.17) is 9.47 Å². The van der Waals surface area contributed by atoms with Crippen molar-refractivity contribution in [1.29, 1.82) is 0 Å². The minimum atomic E-state index is -1.34. The van der Waals surface area contributed by atoms with Crippen LogP contribution in [0.1, 0.15) is 85.0 Å². The van der Waals surface area contributed by atoms with Gasteiger partial charge in [-0.15, -0.1) is 0 Å². The van der Waals surface area contributed by atoms with Crippen LogP contribution < -0.4 is 16.0 Å². The molecule has 0 radical (unpaired) electrons. The summed E-state index contributed by atoms with van der Waals surface area (Å²) in [6.45, 7) is 12.1. The number of nitrogens with one attached hydrogen (secondary N) is 4. The molecular weight excluding hydrogens is 502 g/mol. The number of carbonyl (C=O) groups excluding carboxylic acids is 4. The summed E-state index contributed by atoms with van der Waals surface area (Å²) in [6.07, 6.45) is 2.55. The van der Waals surface area contributed by atoms with E-state index in [1.54, 1.807) is 39.8 Å². The molecule has 11 nitrogen and oxygen atoms in total. The molecule has 1 aromatic carbocycles. The third-order valence-corrected chi connectivity index (χ3v) is 5.63. The second-order valence-electron chi connectivity index (χ2n) is 10.7. The molecule has 4 N–H and O–H groups in total. The highest BCUT2D eigenvalue weighted by Crippen LogP contribution is 2.25. The van der Waals surface area contributed by atoms with Gasteiger partial charge in [0.05, 0.1) is 12.8 Å². The Hall–Kier alpha value is -3.89. The number of ether oxygens (including phenoxy) is 2. The van der Waals surface area contributed by atoms with Gasteiger partial charge in [0.25, 0.3) is 0 Å². The number of amides is 3. The molecule has 3 amide bonds. The van der Waals surface area contributed by atoms with Crippen LogP contribution in [0.25, 0.3) is 0 Å². The fourth-order valence-electron chi connectivity index (χ4n) is 3.67. The topological polar surface area (TPSA) is 152 Å². The van der Waals surface area contributed by atoms with Crippen molar-refractivity contribution >= 4 is 29.7 Å². The molecule has 0 aliphatic carbocycles. The molecule has 2 aromatic rings. The summed E-state index contributed by atoms with van der Waals surface area (Å²) in [5.74, 6) is -1.70. The summed E-state index contributed by atoms with van der Waals surface area (Å²) in [5.41, 5.74) is -1.37. The number of unbranched alkanes of at least 4 members (excludes halogenated alkanes) is 1. The SMILES string of the molecule is CCCC[C@@H](NC(=O)C(C)(C)NC(=O)OC(C)(C)C)C(=O)Nc1cnc(C(C(=O)OCC)c2ccccc2)[nH]1. The van der Waals surface area contributed by atoms with E-state index < -0.39 is 47.0 Å². The highest BCUT2D eigenvalue weighted by atomic mass is 16.6. The fraction of sp³-hybridized carbons (Fsp3) is 0.536. The fourth-order valence-corrected chi connectivity index (χ4v) is 3.67. The molecule has 11 heteroatoms. The lowest BCUT2D eigenvalue weighted by Crippen LogP contribution is -2.58. The molecule has 0 saturated carbocycles. The van der Waals surface area contributed by atoms with Gasteiger partial charge in [0.15, 0.2) is 0 Å². The van der Waals surface area contributed by atoms with Gasteiger partial charge < -0.3 is 30.4 Å². The van der Waals surface area contributed by atoms with E-state index in [0.717, 1.165) is 6.42 Å². The Morgan fingerprint density at radius 2 is 1.69 bits per heavy atom. The van der Waals surface area contributed by atoms with Crippen LogP contribution in [-0.2, 0) is 23.9 Å². The maximum atomic E-state index is 13.2. The standard InChI is InChI=1S/C28H41N5O6/c1-8-10-16-19(30-25(36)28(6,7)33-26(37)39-27(3,4)5)23(34)32-20-17-29-22(31-20)21(24(35)38-9-2)18-14-12-11-13-15-18/h11-15,17,19,21H,8-10,16H2,1-7H3,(H,29,31)(H,30,36)(H,32,34)(H,33,37)/t19-,21?/m1/s1. The smallest absolute Gasteiger partial charge is 0.408 e. The highest BCUT2D eigenvalue weighted by molar-refractivity contribution is 5.98. The van der Waals surface area contributed by atoms with Crippen molar-refractivity contribution in [2.45, 2.75) is 90.8 Å². The van der Waals surface area contributed by atoms with Crippen molar-refractivity contribution in [2.75, 3.05) is 11.9 Å². The molecule has 214 valence electrons. The zero-order valence-corrected chi connectivity index (χ0v) is 23.8. The highest BCUT2D eigenvalue weighted by Gasteiger charge is 2.34. The van der Waals surface area contributed by atoms with Gasteiger partial charge >= 0.3 is 12.1 Å². The predicted octanol–water partition coefficient (Wildman–Crippen LogP) is 4.02. The van der Waals surface area contributed by atoms with Gasteiger partial charge in [-0.25, -0.2) is 9.78 Å². The quantitative estimate of drug-likeness (QED) is 0.295. The Morgan fingerprint density at radius 3 is 2.28 bits per heavy atom. The molecule has 0 aliphatic heterocycles. The maximum Gasteiger partial charge on any atom is 0.408 e. The number of anilines is 1. The van der Waals surface area contributed by atoms with Gasteiger partial charge in [0.2, 0.25) is 11.8 Å². The van der Waals surface area contributed by atoms with Gasteiger partial charge in [-0.1, -0.05) is 50.1 Å². The number of carbonyl (C=O) groups is 4. The lowest BCUT2D eigenvalue weighted by atomic mass is 9.98. The number of aromatic nitrogens is 2. The van der Waals surface area contributed by atoms with E-state index in [9.17, 15) is 19.2 Å². The summed E-state index contributed by atoms with van der Waals surface area (Å²) >= 11 is 0. The molecule has 1 unspecified atom stereocenters. The van der Waals surface area contributed by atoms with Gasteiger partial charge in [0.1, 0.15) is 34.7 Å². The molecule has 2 rings (SSSR count). The van der Waals surface area contributed by atoms with Crippen LogP contribution in [0.15, 0.2) is 36.5 Å². The van der Waals surface area contributed by atoms with Crippen LogP contribution in [0.4, 0.5) is 10.6 Å². The summed E-state index contributed by atoms with van der Waals surface area (Å²) in [5, 5.41) is 8.03. The number of aromatic amines is 1. The Balaban J connectivity index is 2.17. The molecule has 0 saturated heterocycles. The predicted molar refractivity (Wildman–Crippen MR) is 147 cm³/mol. The first-order valence-electron chi connectivity index (χ1n) is 13.2. The van der Waals surface area contributed by atoms with Gasteiger partial charge in [-0.2, -0.15) is 0 Å². The average Bonchev–Trinajstić information content (AvgIpc) is 3.28. The van der Waals surface area contributed by atoms with Crippen molar-refractivity contribution in [1.82, 2.24) is 20.6 Å². The lowest BCUT2D eigenvalue weighted by Gasteiger charge is -2.29. The summed E-state index contributed by atoms with van der Waals surface area (Å²) in [7, 11) is 0. The molecule has 1 heterocycles. The second-order valence-corrected chi connectivity index (χ2v) is 10.7. The molecule has 0 spiro atoms. The molecule has 2 atom stereocenters. The minimum Gasteiger partial charge on any atom is -0.465 e. The van der Waals surface area contributed by atoms with Crippen LogP contribution >= 0.6 is 0 Å². The number of rotatable bonds is 12. The van der Waals surface area contributed by atoms with E-state index in [1.165, 1.54) is 20.0 Å². The number of benzene rings is 1. The van der Waals surface area contributed by atoms with Crippen molar-refractivity contribution in [2.24, 2.45) is 0 Å². The van der Waals surface area contributed by atoms with Crippen LogP contribution in [0.5, 0.6) is 0 Å². The number of esters is 1. The second kappa shape index (κ2) is 13.8. The third-order valence-electron chi connectivity index (χ3n) is 5.63. The molecule has 0 aliphatic rings. The molecule has 0 fully saturated rings. The number of H-pyrrole nitrogens is 1. The van der Waals surface area contributed by atoms with E-state index in [2.05, 4.69) is 25.9 Å². The Morgan fingerprint density at radius 1 is 1.03 bits per heavy atom. The minimum absolute atomic E-state index is 0.213. The van der Waals surface area contributed by atoms with Crippen molar-refractivity contribution in [3.05, 3.63) is 47.9 Å². The third kappa shape index (κ3) is 9.73. The summed E-state index contributed by atoms with van der Waals surface area (Å²) < 4.78 is 10.5. The number of alkyl carbamates (subject to hydrolysis) is 1. The first-order valence-corrected chi connectivity index (χ1v) is 13.2. The first-order chi connectivity index (χ1) is 18.3. The van der Waals surface area contributed by atoms with Gasteiger partial charge in [0, 0.05) is 0 Å². The first kappa shape index (κ1) is 31.3. The van der Waals surface area contributed by atoms with Crippen LogP contribution in [0.2, 0.25) is 0 Å². The molecular formula is C28H41N5O6. The van der Waals surface area contributed by atoms with E-state index in [1.807, 2.05) is 25.1 Å². The molecule has 39 heavy (non-hydrogen) atoms. The molecule has 1 aromatic heterocycles. The Labute approximate surface area is 229 Å². The lowest BCUT2D eigenvalue weighted by molar-refractivity contribution is -0.144. The van der Waals surface area contributed by atoms with Crippen molar-refractivity contribution in [3.8, 4) is 0 Å². The zero-order chi connectivity index (χ0) is 29.2. The molecule has 0 bridgehead atoms. The summed E-state index contributed by atoms with van der Waals surface area (Å²) in [4.78, 5) is 58.5. The monoisotopic (exact) mass is 543 g/mol. The van der Waals surface area contributed by atoms with E-state index in [-0.39, 0.29) is 12.4 Å².